The van der Waals surface area contributed by atoms with Crippen LogP contribution in [0.2, 0.25) is 0 Å². The average Bonchev–Trinajstić information content (AvgIpc) is 2.89. The Hall–Kier alpha value is -4.46. The Bertz CT molecular complexity index is 1190. The maximum absolute atomic E-state index is 12.5. The molecular formula is C28H30N4O4. The fraction of sp³-hybridized carbons (Fsp3) is 0.214. The molecule has 1 atom stereocenters. The maximum atomic E-state index is 12.5. The van der Waals surface area contributed by atoms with E-state index >= 15 is 0 Å². The number of benzene rings is 3. The lowest BCUT2D eigenvalue weighted by molar-refractivity contribution is -0.130. The first-order valence-corrected chi connectivity index (χ1v) is 11.7. The van der Waals surface area contributed by atoms with Crippen molar-refractivity contribution in [3.8, 4) is 22.3 Å². The minimum absolute atomic E-state index is 0.0312. The summed E-state index contributed by atoms with van der Waals surface area (Å²) in [6, 6.07) is 25.5. The number of carbonyl (C=O) groups is 4. The van der Waals surface area contributed by atoms with Gasteiger partial charge in [0, 0.05) is 12.8 Å². The van der Waals surface area contributed by atoms with Gasteiger partial charge in [-0.25, -0.2) is 0 Å². The lowest BCUT2D eigenvalue weighted by Gasteiger charge is -2.17. The fourth-order valence-corrected chi connectivity index (χ4v) is 3.73. The number of hydrogen-bond acceptors (Lipinski definition) is 4. The third-order valence-corrected chi connectivity index (χ3v) is 5.69. The quantitative estimate of drug-likeness (QED) is 0.311. The summed E-state index contributed by atoms with van der Waals surface area (Å²) in [5.74, 6) is -2.24. The number of amides is 4. The van der Waals surface area contributed by atoms with Crippen LogP contribution in [0, 0.1) is 0 Å². The Morgan fingerprint density at radius 2 is 1.19 bits per heavy atom. The van der Waals surface area contributed by atoms with Crippen molar-refractivity contribution in [1.82, 2.24) is 10.6 Å². The van der Waals surface area contributed by atoms with E-state index in [2.05, 4.69) is 47.0 Å². The van der Waals surface area contributed by atoms with Gasteiger partial charge in [-0.15, -0.1) is 0 Å². The first-order chi connectivity index (χ1) is 17.3. The van der Waals surface area contributed by atoms with E-state index in [1.807, 2.05) is 42.5 Å². The van der Waals surface area contributed by atoms with Crippen molar-refractivity contribution in [2.75, 3.05) is 6.54 Å². The molecule has 0 aliphatic rings. The molecule has 36 heavy (non-hydrogen) atoms. The number of aryl methyl sites for hydroxylation is 1. The molecule has 3 rings (SSSR count). The zero-order valence-electron chi connectivity index (χ0n) is 19.9. The molecule has 0 aliphatic carbocycles. The van der Waals surface area contributed by atoms with Gasteiger partial charge >= 0.3 is 0 Å². The first kappa shape index (κ1) is 26.2. The van der Waals surface area contributed by atoms with E-state index in [1.165, 1.54) is 5.56 Å². The number of nitrogens with one attached hydrogen (secondary N) is 2. The van der Waals surface area contributed by atoms with Gasteiger partial charge in [-0.1, -0.05) is 78.9 Å². The third kappa shape index (κ3) is 8.09. The number of hydrogen-bond donors (Lipinski definition) is 4. The van der Waals surface area contributed by atoms with Gasteiger partial charge in [0.25, 0.3) is 0 Å². The molecule has 8 nitrogen and oxygen atoms in total. The molecule has 0 saturated heterocycles. The Labute approximate surface area is 210 Å². The van der Waals surface area contributed by atoms with Crippen LogP contribution in [0.4, 0.5) is 0 Å². The van der Waals surface area contributed by atoms with Gasteiger partial charge < -0.3 is 22.1 Å². The normalized spacial score (nSPS) is 11.3. The van der Waals surface area contributed by atoms with E-state index in [4.69, 9.17) is 11.5 Å². The molecule has 186 valence electrons. The van der Waals surface area contributed by atoms with Gasteiger partial charge in [-0.05, 0) is 40.7 Å². The van der Waals surface area contributed by atoms with Gasteiger partial charge in [0.05, 0.1) is 6.54 Å². The molecule has 0 aliphatic heterocycles. The monoisotopic (exact) mass is 486 g/mol. The largest absolute Gasteiger partial charge is 0.370 e. The molecule has 0 saturated carbocycles. The van der Waals surface area contributed by atoms with E-state index < -0.39 is 23.8 Å². The highest BCUT2D eigenvalue weighted by Gasteiger charge is 2.21. The third-order valence-electron chi connectivity index (χ3n) is 5.69. The molecule has 0 radical (unpaired) electrons. The standard InChI is InChI=1S/C28H30N4O4/c29-25(33)16-15-24(28(36)31-18-26(30)34)32-27(35)17-8-19-6-9-21(10-7-19)23-13-11-22(12-14-23)20-4-2-1-3-5-20/h1-7,9-14,24H,8,15-18H2,(H2,29,33)(H2,30,34)(H,31,36)(H,32,35). The van der Waals surface area contributed by atoms with Crippen molar-refractivity contribution < 1.29 is 19.2 Å². The molecule has 0 spiro atoms. The van der Waals surface area contributed by atoms with Crippen LogP contribution < -0.4 is 22.1 Å². The van der Waals surface area contributed by atoms with Crippen molar-refractivity contribution in [3.05, 3.63) is 84.4 Å². The van der Waals surface area contributed by atoms with Gasteiger partial charge in [0.15, 0.2) is 0 Å². The Kier molecular flexibility index (Phi) is 9.33. The van der Waals surface area contributed by atoms with Crippen molar-refractivity contribution >= 4 is 23.6 Å². The fourth-order valence-electron chi connectivity index (χ4n) is 3.73. The summed E-state index contributed by atoms with van der Waals surface area (Å²) in [7, 11) is 0. The summed E-state index contributed by atoms with van der Waals surface area (Å²) in [6.45, 7) is -0.358. The second-order valence-corrected chi connectivity index (χ2v) is 8.45. The second kappa shape index (κ2) is 12.9. The lowest BCUT2D eigenvalue weighted by Crippen LogP contribution is -2.48. The van der Waals surface area contributed by atoms with Crippen LogP contribution in [0.1, 0.15) is 24.8 Å². The smallest absolute Gasteiger partial charge is 0.243 e. The second-order valence-electron chi connectivity index (χ2n) is 8.45. The van der Waals surface area contributed by atoms with Crippen LogP contribution in [0.15, 0.2) is 78.9 Å². The maximum Gasteiger partial charge on any atom is 0.243 e. The number of primary amides is 2. The van der Waals surface area contributed by atoms with Crippen molar-refractivity contribution in [2.24, 2.45) is 11.5 Å². The number of nitrogens with two attached hydrogens (primary N) is 2. The highest BCUT2D eigenvalue weighted by Crippen LogP contribution is 2.25. The molecule has 0 aromatic heterocycles. The van der Waals surface area contributed by atoms with Crippen molar-refractivity contribution in [1.29, 1.82) is 0 Å². The van der Waals surface area contributed by atoms with E-state index in [9.17, 15) is 19.2 Å². The summed E-state index contributed by atoms with van der Waals surface area (Å²) in [6.07, 6.45) is 0.581. The van der Waals surface area contributed by atoms with E-state index in [1.54, 1.807) is 0 Å². The Morgan fingerprint density at radius 3 is 1.72 bits per heavy atom. The first-order valence-electron chi connectivity index (χ1n) is 11.7. The minimum atomic E-state index is -0.981. The molecule has 0 heterocycles. The minimum Gasteiger partial charge on any atom is -0.370 e. The zero-order valence-corrected chi connectivity index (χ0v) is 19.9. The van der Waals surface area contributed by atoms with Crippen LogP contribution in [-0.2, 0) is 25.6 Å². The molecule has 8 heteroatoms. The van der Waals surface area contributed by atoms with Gasteiger partial charge in [-0.3, -0.25) is 19.2 Å². The number of carbonyl (C=O) groups excluding carboxylic acids is 4. The van der Waals surface area contributed by atoms with Crippen LogP contribution in [0.5, 0.6) is 0 Å². The average molecular weight is 487 g/mol. The van der Waals surface area contributed by atoms with Crippen molar-refractivity contribution in [3.63, 3.8) is 0 Å². The summed E-state index contributed by atoms with van der Waals surface area (Å²) >= 11 is 0. The van der Waals surface area contributed by atoms with Crippen LogP contribution in [-0.4, -0.2) is 36.2 Å². The zero-order chi connectivity index (χ0) is 25.9. The topological polar surface area (TPSA) is 144 Å². The lowest BCUT2D eigenvalue weighted by atomic mass is 9.99. The summed E-state index contributed by atoms with van der Waals surface area (Å²) < 4.78 is 0. The molecule has 0 bridgehead atoms. The van der Waals surface area contributed by atoms with E-state index in [0.717, 1.165) is 22.3 Å². The van der Waals surface area contributed by atoms with Gasteiger partial charge in [0.1, 0.15) is 6.04 Å². The van der Waals surface area contributed by atoms with Crippen LogP contribution in [0.3, 0.4) is 0 Å². The summed E-state index contributed by atoms with van der Waals surface area (Å²) in [5, 5.41) is 4.95. The highest BCUT2D eigenvalue weighted by atomic mass is 16.2. The molecule has 3 aromatic rings. The molecular weight excluding hydrogens is 456 g/mol. The van der Waals surface area contributed by atoms with Gasteiger partial charge in [-0.2, -0.15) is 0 Å². The Balaban J connectivity index is 1.55. The molecule has 0 fully saturated rings. The van der Waals surface area contributed by atoms with Gasteiger partial charge in [0.2, 0.25) is 23.6 Å². The SMILES string of the molecule is NC(=O)CCC(NC(=O)CCc1ccc(-c2ccc(-c3ccccc3)cc2)cc1)C(=O)NCC(N)=O. The van der Waals surface area contributed by atoms with Crippen LogP contribution in [0.25, 0.3) is 22.3 Å². The summed E-state index contributed by atoms with van der Waals surface area (Å²) in [4.78, 5) is 46.7. The molecule has 3 aromatic carbocycles. The van der Waals surface area contributed by atoms with Crippen molar-refractivity contribution in [2.45, 2.75) is 31.7 Å². The predicted octanol–water partition coefficient (Wildman–Crippen LogP) is 2.30. The van der Waals surface area contributed by atoms with E-state index in [0.29, 0.717) is 6.42 Å². The van der Waals surface area contributed by atoms with E-state index in [-0.39, 0.29) is 31.7 Å². The molecule has 4 amide bonds. The van der Waals surface area contributed by atoms with Crippen LogP contribution >= 0.6 is 0 Å². The Morgan fingerprint density at radius 1 is 0.667 bits per heavy atom. The summed E-state index contributed by atoms with van der Waals surface area (Å²) in [5.41, 5.74) is 15.7. The molecule has 6 N–H and O–H groups in total. The molecule has 1 unspecified atom stereocenters. The highest BCUT2D eigenvalue weighted by molar-refractivity contribution is 5.90. The number of rotatable bonds is 12. The predicted molar refractivity (Wildman–Crippen MR) is 138 cm³/mol.